The topological polar surface area (TPSA) is 23.5 Å². The fourth-order valence-corrected chi connectivity index (χ4v) is 3.36. The third-order valence-corrected chi connectivity index (χ3v) is 4.81. The molecular formula is C18H38ClNO. The number of nitrogens with zero attached hydrogens (tertiary/aromatic N) is 1. The molecule has 0 aromatic carbocycles. The maximum Gasteiger partial charge on any atom is 0.0443 e. The SMILES string of the molecule is CCCCCCCCCCC1CCN(CCCO)CC1.Cl. The van der Waals surface area contributed by atoms with Crippen molar-refractivity contribution in [2.75, 3.05) is 26.2 Å². The lowest BCUT2D eigenvalue weighted by atomic mass is 9.91. The second-order valence-corrected chi connectivity index (χ2v) is 6.63. The zero-order chi connectivity index (χ0) is 14.5. The van der Waals surface area contributed by atoms with Crippen LogP contribution in [0.1, 0.15) is 84.0 Å². The average Bonchev–Trinajstić information content (AvgIpc) is 2.49. The Morgan fingerprint density at radius 1 is 0.857 bits per heavy atom. The highest BCUT2D eigenvalue weighted by molar-refractivity contribution is 5.85. The van der Waals surface area contributed by atoms with Gasteiger partial charge in [-0.2, -0.15) is 0 Å². The van der Waals surface area contributed by atoms with Crippen molar-refractivity contribution in [2.45, 2.75) is 84.0 Å². The van der Waals surface area contributed by atoms with Crippen LogP contribution in [0.4, 0.5) is 0 Å². The number of hydrogen-bond acceptors (Lipinski definition) is 2. The number of piperidine rings is 1. The zero-order valence-corrected chi connectivity index (χ0v) is 15.0. The first-order chi connectivity index (χ1) is 9.86. The molecule has 0 saturated carbocycles. The minimum atomic E-state index is 0. The molecule has 0 atom stereocenters. The maximum atomic E-state index is 8.86. The molecule has 3 heteroatoms. The summed E-state index contributed by atoms with van der Waals surface area (Å²) in [5.41, 5.74) is 0. The highest BCUT2D eigenvalue weighted by atomic mass is 35.5. The van der Waals surface area contributed by atoms with Gasteiger partial charge in [-0.15, -0.1) is 12.4 Å². The molecule has 0 bridgehead atoms. The molecule has 0 spiro atoms. The molecule has 0 aromatic heterocycles. The van der Waals surface area contributed by atoms with Crippen molar-refractivity contribution in [1.29, 1.82) is 0 Å². The van der Waals surface area contributed by atoms with Crippen molar-refractivity contribution < 1.29 is 5.11 Å². The van der Waals surface area contributed by atoms with Crippen molar-refractivity contribution in [3.8, 4) is 0 Å². The van der Waals surface area contributed by atoms with Gasteiger partial charge in [0.25, 0.3) is 0 Å². The van der Waals surface area contributed by atoms with E-state index in [9.17, 15) is 0 Å². The molecule has 1 fully saturated rings. The van der Waals surface area contributed by atoms with Gasteiger partial charge in [0.1, 0.15) is 0 Å². The van der Waals surface area contributed by atoms with E-state index in [0.29, 0.717) is 6.61 Å². The molecule has 0 amide bonds. The van der Waals surface area contributed by atoms with Gasteiger partial charge in [0.15, 0.2) is 0 Å². The van der Waals surface area contributed by atoms with E-state index in [4.69, 9.17) is 5.11 Å². The predicted molar refractivity (Wildman–Crippen MR) is 95.3 cm³/mol. The van der Waals surface area contributed by atoms with Crippen molar-refractivity contribution in [1.82, 2.24) is 4.90 Å². The Kier molecular flexibility index (Phi) is 15.3. The zero-order valence-electron chi connectivity index (χ0n) is 14.2. The van der Waals surface area contributed by atoms with Gasteiger partial charge in [0.2, 0.25) is 0 Å². The van der Waals surface area contributed by atoms with Gasteiger partial charge in [-0.3, -0.25) is 0 Å². The molecule has 2 nitrogen and oxygen atoms in total. The molecule has 1 rings (SSSR count). The first-order valence-electron chi connectivity index (χ1n) is 9.20. The number of rotatable bonds is 12. The van der Waals surface area contributed by atoms with Gasteiger partial charge in [0.05, 0.1) is 0 Å². The van der Waals surface area contributed by atoms with E-state index in [1.54, 1.807) is 0 Å². The van der Waals surface area contributed by atoms with E-state index in [1.165, 1.54) is 83.7 Å². The predicted octanol–water partition coefficient (Wildman–Crippen LogP) is 5.03. The first kappa shape index (κ1) is 21.2. The summed E-state index contributed by atoms with van der Waals surface area (Å²) in [6.07, 6.45) is 16.7. The first-order valence-corrected chi connectivity index (χ1v) is 9.20. The van der Waals surface area contributed by atoms with Crippen LogP contribution in [-0.4, -0.2) is 36.2 Å². The fourth-order valence-electron chi connectivity index (χ4n) is 3.36. The normalized spacial score (nSPS) is 16.9. The van der Waals surface area contributed by atoms with Crippen LogP contribution in [0.2, 0.25) is 0 Å². The van der Waals surface area contributed by atoms with E-state index in [0.717, 1.165) is 18.9 Å². The van der Waals surface area contributed by atoms with Crippen LogP contribution in [0.5, 0.6) is 0 Å². The average molecular weight is 320 g/mol. The number of aliphatic hydroxyl groups is 1. The van der Waals surface area contributed by atoms with Crippen molar-refractivity contribution in [3.63, 3.8) is 0 Å². The number of halogens is 1. The van der Waals surface area contributed by atoms with Crippen LogP contribution in [0.15, 0.2) is 0 Å². The minimum Gasteiger partial charge on any atom is -0.396 e. The number of likely N-dealkylation sites (tertiary alicyclic amines) is 1. The number of aliphatic hydroxyl groups excluding tert-OH is 1. The molecule has 1 saturated heterocycles. The summed E-state index contributed by atoms with van der Waals surface area (Å²) >= 11 is 0. The number of unbranched alkanes of at least 4 members (excludes halogenated alkanes) is 7. The summed E-state index contributed by atoms with van der Waals surface area (Å²) in [6, 6.07) is 0. The Labute approximate surface area is 139 Å². The molecule has 21 heavy (non-hydrogen) atoms. The second kappa shape index (κ2) is 15.1. The Morgan fingerprint density at radius 3 is 2.00 bits per heavy atom. The highest BCUT2D eigenvalue weighted by Gasteiger charge is 2.17. The maximum absolute atomic E-state index is 8.86. The van der Waals surface area contributed by atoms with Gasteiger partial charge < -0.3 is 10.0 Å². The van der Waals surface area contributed by atoms with E-state index < -0.39 is 0 Å². The van der Waals surface area contributed by atoms with Crippen LogP contribution in [0.25, 0.3) is 0 Å². The van der Waals surface area contributed by atoms with Gasteiger partial charge in [-0.05, 0) is 38.3 Å². The lowest BCUT2D eigenvalue weighted by Gasteiger charge is -2.31. The smallest absolute Gasteiger partial charge is 0.0443 e. The lowest BCUT2D eigenvalue weighted by Crippen LogP contribution is -2.34. The molecule has 0 aliphatic carbocycles. The Hall–Kier alpha value is 0.210. The van der Waals surface area contributed by atoms with Gasteiger partial charge >= 0.3 is 0 Å². The number of hydrogen-bond donors (Lipinski definition) is 1. The summed E-state index contributed by atoms with van der Waals surface area (Å²) in [7, 11) is 0. The quantitative estimate of drug-likeness (QED) is 0.510. The van der Waals surface area contributed by atoms with E-state index >= 15 is 0 Å². The molecule has 1 aliphatic heterocycles. The molecule has 1 aliphatic rings. The Morgan fingerprint density at radius 2 is 1.43 bits per heavy atom. The Bertz CT molecular complexity index is 205. The highest BCUT2D eigenvalue weighted by Crippen LogP contribution is 2.23. The van der Waals surface area contributed by atoms with E-state index in [2.05, 4.69) is 11.8 Å². The molecule has 1 heterocycles. The van der Waals surface area contributed by atoms with Gasteiger partial charge in [0, 0.05) is 13.2 Å². The van der Waals surface area contributed by atoms with Crippen LogP contribution in [-0.2, 0) is 0 Å². The molecule has 1 N–H and O–H groups in total. The standard InChI is InChI=1S/C18H37NO.ClH/c1-2-3-4-5-6-7-8-9-11-18-12-15-19(16-13-18)14-10-17-20;/h18,20H,2-17H2,1H3;1H. The van der Waals surface area contributed by atoms with E-state index in [1.807, 2.05) is 0 Å². The van der Waals surface area contributed by atoms with Crippen LogP contribution < -0.4 is 0 Å². The summed E-state index contributed by atoms with van der Waals surface area (Å²) in [4.78, 5) is 2.53. The van der Waals surface area contributed by atoms with E-state index in [-0.39, 0.29) is 12.4 Å². The van der Waals surface area contributed by atoms with Crippen molar-refractivity contribution in [2.24, 2.45) is 5.92 Å². The molecule has 0 aromatic rings. The van der Waals surface area contributed by atoms with Crippen molar-refractivity contribution in [3.05, 3.63) is 0 Å². The van der Waals surface area contributed by atoms with Gasteiger partial charge in [-0.25, -0.2) is 0 Å². The summed E-state index contributed by atoms with van der Waals surface area (Å²) < 4.78 is 0. The second-order valence-electron chi connectivity index (χ2n) is 6.63. The molecular weight excluding hydrogens is 282 g/mol. The third kappa shape index (κ3) is 11.4. The molecule has 0 radical (unpaired) electrons. The minimum absolute atomic E-state index is 0. The molecule has 0 unspecified atom stereocenters. The van der Waals surface area contributed by atoms with Crippen LogP contribution in [0.3, 0.4) is 0 Å². The fraction of sp³-hybridized carbons (Fsp3) is 1.00. The van der Waals surface area contributed by atoms with Crippen molar-refractivity contribution >= 4 is 12.4 Å². The largest absolute Gasteiger partial charge is 0.396 e. The third-order valence-electron chi connectivity index (χ3n) is 4.81. The lowest BCUT2D eigenvalue weighted by molar-refractivity contribution is 0.162. The van der Waals surface area contributed by atoms with Crippen LogP contribution >= 0.6 is 12.4 Å². The molecule has 128 valence electrons. The summed E-state index contributed by atoms with van der Waals surface area (Å²) in [5, 5.41) is 8.86. The van der Waals surface area contributed by atoms with Gasteiger partial charge in [-0.1, -0.05) is 64.7 Å². The Balaban J connectivity index is 0.00000400. The summed E-state index contributed by atoms with van der Waals surface area (Å²) in [5.74, 6) is 0.987. The van der Waals surface area contributed by atoms with Crippen LogP contribution in [0, 0.1) is 5.92 Å². The summed E-state index contributed by atoms with van der Waals surface area (Å²) in [6.45, 7) is 6.26. The monoisotopic (exact) mass is 319 g/mol.